The SMILES string of the molecule is CNC1C(O)[C@@H](OC2C(O)[C@H](O[C@H]3OC(CNCCO)=CCC3N)C(N)C[C@H]2NC(=O)[C@@H](O)CCN)OC[C@]1(C)O. The van der Waals surface area contributed by atoms with Crippen LogP contribution >= 0.6 is 0 Å². The third-order valence-corrected chi connectivity index (χ3v) is 7.63. The van der Waals surface area contributed by atoms with Crippen LogP contribution in [0, 0.1) is 0 Å². The molecule has 238 valence electrons. The molecular formula is C25H48N6O10. The molecular weight excluding hydrogens is 544 g/mol. The first kappa shape index (κ1) is 34.0. The number of amides is 1. The maximum absolute atomic E-state index is 12.7. The summed E-state index contributed by atoms with van der Waals surface area (Å²) in [4.78, 5) is 12.7. The Hall–Kier alpha value is -1.51. The van der Waals surface area contributed by atoms with E-state index in [4.69, 9.17) is 41.3 Å². The number of likely N-dealkylation sites (N-methyl/N-ethyl adjacent to an activating group) is 1. The average molecular weight is 593 g/mol. The number of rotatable bonds is 13. The summed E-state index contributed by atoms with van der Waals surface area (Å²) in [5.74, 6) is -0.170. The van der Waals surface area contributed by atoms with Crippen LogP contribution in [-0.2, 0) is 23.7 Å². The normalized spacial score (nSPS) is 40.4. The van der Waals surface area contributed by atoms with Crippen LogP contribution in [0.5, 0.6) is 0 Å². The number of hydrogen-bond acceptors (Lipinski definition) is 15. The fourth-order valence-electron chi connectivity index (χ4n) is 5.38. The van der Waals surface area contributed by atoms with Crippen LogP contribution in [0.15, 0.2) is 11.8 Å². The van der Waals surface area contributed by atoms with Crippen molar-refractivity contribution in [1.29, 1.82) is 0 Å². The Bertz CT molecular complexity index is 869. The summed E-state index contributed by atoms with van der Waals surface area (Å²) in [5.41, 5.74) is 16.7. The Kier molecular flexibility index (Phi) is 12.7. The average Bonchev–Trinajstić information content (AvgIpc) is 2.91. The van der Waals surface area contributed by atoms with Crippen LogP contribution in [0.4, 0.5) is 0 Å². The van der Waals surface area contributed by atoms with Crippen molar-refractivity contribution in [3.63, 3.8) is 0 Å². The van der Waals surface area contributed by atoms with Crippen LogP contribution in [0.3, 0.4) is 0 Å². The van der Waals surface area contributed by atoms with Crippen molar-refractivity contribution in [2.75, 3.05) is 39.9 Å². The van der Waals surface area contributed by atoms with Gasteiger partial charge in [-0.15, -0.1) is 0 Å². The molecule has 2 heterocycles. The quantitative estimate of drug-likeness (QED) is 0.0891. The fraction of sp³-hybridized carbons (Fsp3) is 0.880. The van der Waals surface area contributed by atoms with E-state index in [2.05, 4.69) is 16.0 Å². The lowest BCUT2D eigenvalue weighted by atomic mass is 9.83. The summed E-state index contributed by atoms with van der Waals surface area (Å²) in [5, 5.41) is 60.7. The van der Waals surface area contributed by atoms with Gasteiger partial charge in [0.2, 0.25) is 12.2 Å². The highest BCUT2D eigenvalue weighted by atomic mass is 16.7. The second-order valence-corrected chi connectivity index (χ2v) is 11.0. The molecule has 3 aliphatic rings. The minimum atomic E-state index is -1.46. The van der Waals surface area contributed by atoms with Gasteiger partial charge < -0.3 is 77.6 Å². The van der Waals surface area contributed by atoms with E-state index in [0.717, 1.165) is 0 Å². The van der Waals surface area contributed by atoms with Gasteiger partial charge in [0.05, 0.1) is 37.9 Å². The van der Waals surface area contributed by atoms with Crippen molar-refractivity contribution in [3.05, 3.63) is 11.8 Å². The van der Waals surface area contributed by atoms with Crippen molar-refractivity contribution in [1.82, 2.24) is 16.0 Å². The summed E-state index contributed by atoms with van der Waals surface area (Å²) < 4.78 is 23.7. The molecule has 12 atom stereocenters. The molecule has 1 amide bonds. The Morgan fingerprint density at radius 2 is 1.90 bits per heavy atom. The Morgan fingerprint density at radius 1 is 1.20 bits per heavy atom. The largest absolute Gasteiger partial charge is 0.467 e. The van der Waals surface area contributed by atoms with Crippen molar-refractivity contribution in [2.24, 2.45) is 17.2 Å². The third-order valence-electron chi connectivity index (χ3n) is 7.63. The van der Waals surface area contributed by atoms with E-state index in [1.54, 1.807) is 7.05 Å². The highest BCUT2D eigenvalue weighted by Gasteiger charge is 2.51. The highest BCUT2D eigenvalue weighted by Crippen LogP contribution is 2.32. The zero-order valence-corrected chi connectivity index (χ0v) is 23.6. The summed E-state index contributed by atoms with van der Waals surface area (Å²) >= 11 is 0. The van der Waals surface area contributed by atoms with Crippen LogP contribution in [0.25, 0.3) is 0 Å². The minimum absolute atomic E-state index is 0.0216. The topological polar surface area (TPSA) is 269 Å². The molecule has 41 heavy (non-hydrogen) atoms. The van der Waals surface area contributed by atoms with Gasteiger partial charge in [0.25, 0.3) is 0 Å². The first-order valence-electron chi connectivity index (χ1n) is 14.0. The van der Waals surface area contributed by atoms with Gasteiger partial charge in [0, 0.05) is 12.6 Å². The van der Waals surface area contributed by atoms with E-state index in [-0.39, 0.29) is 32.6 Å². The lowest BCUT2D eigenvalue weighted by molar-refractivity contribution is -0.304. The van der Waals surface area contributed by atoms with E-state index in [1.165, 1.54) is 6.92 Å². The number of nitrogens with two attached hydrogens (primary N) is 3. The van der Waals surface area contributed by atoms with Crippen LogP contribution in [0.2, 0.25) is 0 Å². The molecule has 1 saturated carbocycles. The fourth-order valence-corrected chi connectivity index (χ4v) is 5.38. The number of aliphatic hydroxyl groups is 5. The molecule has 14 N–H and O–H groups in total. The molecule has 2 aliphatic heterocycles. The van der Waals surface area contributed by atoms with E-state index in [9.17, 15) is 25.2 Å². The van der Waals surface area contributed by atoms with E-state index in [1.807, 2.05) is 6.08 Å². The third kappa shape index (κ3) is 8.54. The lowest BCUT2D eigenvalue weighted by Gasteiger charge is -2.48. The van der Waals surface area contributed by atoms with Crippen molar-refractivity contribution >= 4 is 5.91 Å². The predicted octanol–water partition coefficient (Wildman–Crippen LogP) is -5.36. The van der Waals surface area contributed by atoms with Gasteiger partial charge in [0.15, 0.2) is 6.29 Å². The number of aliphatic hydroxyl groups excluding tert-OH is 4. The van der Waals surface area contributed by atoms with Crippen LogP contribution in [0.1, 0.15) is 26.2 Å². The molecule has 0 bridgehead atoms. The van der Waals surface area contributed by atoms with Gasteiger partial charge in [-0.2, -0.15) is 0 Å². The molecule has 0 spiro atoms. The second kappa shape index (κ2) is 15.3. The zero-order valence-electron chi connectivity index (χ0n) is 23.6. The lowest BCUT2D eigenvalue weighted by Crippen LogP contribution is -2.69. The first-order valence-corrected chi connectivity index (χ1v) is 14.0. The number of carbonyl (C=O) groups is 1. The minimum Gasteiger partial charge on any atom is -0.467 e. The maximum Gasteiger partial charge on any atom is 0.249 e. The monoisotopic (exact) mass is 592 g/mol. The number of nitrogens with one attached hydrogen (secondary N) is 3. The number of hydrogen-bond donors (Lipinski definition) is 11. The summed E-state index contributed by atoms with van der Waals surface area (Å²) in [6.45, 7) is 2.07. The molecule has 0 aromatic carbocycles. The maximum atomic E-state index is 12.7. The molecule has 16 nitrogen and oxygen atoms in total. The summed E-state index contributed by atoms with van der Waals surface area (Å²) in [6, 6.07) is -3.12. The molecule has 1 saturated heterocycles. The highest BCUT2D eigenvalue weighted by molar-refractivity contribution is 5.80. The van der Waals surface area contributed by atoms with Gasteiger partial charge in [-0.05, 0) is 45.9 Å². The van der Waals surface area contributed by atoms with Gasteiger partial charge in [-0.3, -0.25) is 4.79 Å². The van der Waals surface area contributed by atoms with E-state index < -0.39 is 78.8 Å². The smallest absolute Gasteiger partial charge is 0.249 e. The predicted molar refractivity (Wildman–Crippen MR) is 145 cm³/mol. The van der Waals surface area contributed by atoms with Crippen molar-refractivity contribution in [3.8, 4) is 0 Å². The molecule has 2 fully saturated rings. The van der Waals surface area contributed by atoms with Crippen LogP contribution in [-0.4, -0.2) is 144 Å². The first-order chi connectivity index (χ1) is 19.4. The summed E-state index contributed by atoms with van der Waals surface area (Å²) in [6.07, 6.45) is -6.40. The molecule has 0 aromatic heterocycles. The zero-order chi connectivity index (χ0) is 30.3. The molecule has 6 unspecified atom stereocenters. The molecule has 1 aliphatic carbocycles. The number of carbonyl (C=O) groups excluding carboxylic acids is 1. The Labute approximate surface area is 239 Å². The number of ether oxygens (including phenoxy) is 4. The van der Waals surface area contributed by atoms with Crippen molar-refractivity contribution in [2.45, 2.75) is 99.1 Å². The van der Waals surface area contributed by atoms with Gasteiger partial charge in [-0.25, -0.2) is 0 Å². The molecule has 16 heteroatoms. The van der Waals surface area contributed by atoms with Crippen molar-refractivity contribution < 1.29 is 49.3 Å². The van der Waals surface area contributed by atoms with E-state index in [0.29, 0.717) is 25.3 Å². The second-order valence-electron chi connectivity index (χ2n) is 11.0. The Morgan fingerprint density at radius 3 is 2.56 bits per heavy atom. The standard InChI is InChI=1S/C25H48N6O10/c1-25(37)11-38-24(18(35)21(25)29-2)41-20-15(31-22(36)16(33)5-6-26)9-14(28)19(17(20)34)40-23-13(27)4-3-12(39-23)10-30-7-8-32/h3,13-21,23-24,29-30,32-35,37H,4-11,26-28H2,1-2H3,(H,31,36)/t13?,14?,15-,16+,17?,18?,19-,20?,21?,23-,24-,25+/m1/s1. The molecule has 3 rings (SSSR count). The Balaban J connectivity index is 1.79. The van der Waals surface area contributed by atoms with Gasteiger partial charge >= 0.3 is 0 Å². The van der Waals surface area contributed by atoms with Crippen LogP contribution < -0.4 is 33.2 Å². The van der Waals surface area contributed by atoms with Gasteiger partial charge in [-0.1, -0.05) is 0 Å². The molecule has 0 radical (unpaired) electrons. The summed E-state index contributed by atoms with van der Waals surface area (Å²) in [7, 11) is 1.57. The molecule has 0 aromatic rings. The van der Waals surface area contributed by atoms with Gasteiger partial charge in [0.1, 0.15) is 41.9 Å². The van der Waals surface area contributed by atoms with E-state index >= 15 is 0 Å².